The summed E-state index contributed by atoms with van der Waals surface area (Å²) >= 11 is 1.54. The molecule has 0 saturated carbocycles. The predicted molar refractivity (Wildman–Crippen MR) is 303 cm³/mol. The molecule has 3 aromatic heterocycles. The molecule has 3 fully saturated rings. The molecule has 3 saturated heterocycles. The van der Waals surface area contributed by atoms with Crippen molar-refractivity contribution in [3.8, 4) is 28.3 Å². The highest BCUT2D eigenvalue weighted by atomic mass is 32.1. The van der Waals surface area contributed by atoms with Crippen LogP contribution in [0.5, 0.6) is 11.8 Å². The molecule has 4 aliphatic heterocycles. The van der Waals surface area contributed by atoms with E-state index >= 15 is 0 Å². The predicted octanol–water partition coefficient (Wildman–Crippen LogP) is 6.59. The minimum Gasteiger partial charge on any atom is -0.491 e. The average Bonchev–Trinajstić information content (AvgIpc) is 4.47. The van der Waals surface area contributed by atoms with Crippen LogP contribution in [0.1, 0.15) is 72.5 Å². The van der Waals surface area contributed by atoms with E-state index in [1.807, 2.05) is 36.7 Å². The number of amides is 3. The van der Waals surface area contributed by atoms with Gasteiger partial charge in [0.05, 0.1) is 78.5 Å². The highest BCUT2D eigenvalue weighted by Gasteiger charge is 2.41. The molecule has 0 aliphatic carbocycles. The van der Waals surface area contributed by atoms with Crippen LogP contribution in [-0.4, -0.2) is 173 Å². The monoisotopic (exact) mass is 1130 g/mol. The van der Waals surface area contributed by atoms with Crippen molar-refractivity contribution in [2.45, 2.75) is 96.1 Å². The summed E-state index contributed by atoms with van der Waals surface area (Å²) in [5, 5.41) is 39.0. The number of likely N-dealkylation sites (N-methyl/N-ethyl adjacent to an activating group) is 1. The number of likely N-dealkylation sites (tertiary alicyclic amines) is 2. The molecule has 3 amide bonds. The van der Waals surface area contributed by atoms with Crippen LogP contribution >= 0.6 is 11.3 Å². The van der Waals surface area contributed by atoms with Gasteiger partial charge in [0.25, 0.3) is 0 Å². The van der Waals surface area contributed by atoms with Gasteiger partial charge in [0.15, 0.2) is 0 Å². The van der Waals surface area contributed by atoms with Gasteiger partial charge < -0.3 is 58.6 Å². The molecular formula is C59H71N11O10S. The molecule has 81 heavy (non-hydrogen) atoms. The van der Waals surface area contributed by atoms with Crippen LogP contribution in [0.15, 0.2) is 76.8 Å². The molecule has 3 aromatic carbocycles. The van der Waals surface area contributed by atoms with E-state index in [-0.39, 0.29) is 62.7 Å². The van der Waals surface area contributed by atoms with E-state index in [1.165, 1.54) is 10.3 Å². The van der Waals surface area contributed by atoms with Gasteiger partial charge in [0.1, 0.15) is 42.5 Å². The number of carboxylic acid groups (broad SMARTS) is 1. The lowest BCUT2D eigenvalue weighted by Gasteiger charge is -2.41. The van der Waals surface area contributed by atoms with Crippen LogP contribution in [-0.2, 0) is 38.6 Å². The number of hydrogen-bond donors (Lipinski definition) is 3. The Morgan fingerprint density at radius 1 is 0.938 bits per heavy atom. The van der Waals surface area contributed by atoms with E-state index in [9.17, 15) is 29.9 Å². The van der Waals surface area contributed by atoms with Crippen LogP contribution in [0, 0.1) is 31.1 Å². The summed E-state index contributed by atoms with van der Waals surface area (Å²) in [6.45, 7) is 10.5. The minimum atomic E-state index is -1.03. The Hall–Kier alpha value is -7.42. The summed E-state index contributed by atoms with van der Waals surface area (Å²) in [5.41, 5.74) is 8.07. The smallest absolute Gasteiger partial charge is 0.407 e. The largest absolute Gasteiger partial charge is 0.491 e. The maximum absolute atomic E-state index is 14.0. The first kappa shape index (κ1) is 56.8. The molecule has 6 aromatic rings. The van der Waals surface area contributed by atoms with Crippen LogP contribution in [0.2, 0.25) is 0 Å². The van der Waals surface area contributed by atoms with E-state index in [0.29, 0.717) is 95.6 Å². The fourth-order valence-electron chi connectivity index (χ4n) is 11.7. The van der Waals surface area contributed by atoms with Crippen molar-refractivity contribution in [3.63, 3.8) is 0 Å². The maximum Gasteiger partial charge on any atom is 0.407 e. The van der Waals surface area contributed by atoms with Crippen molar-refractivity contribution in [2.75, 3.05) is 95.8 Å². The molecule has 3 N–H and O–H groups in total. The Morgan fingerprint density at radius 3 is 2.57 bits per heavy atom. The summed E-state index contributed by atoms with van der Waals surface area (Å²) in [4.78, 5) is 65.1. The number of nitrogens with zero attached hydrogens (tertiary/aromatic N) is 10. The lowest BCUT2D eigenvalue weighted by atomic mass is 9.90. The lowest BCUT2D eigenvalue weighted by molar-refractivity contribution is -0.141. The molecule has 0 bridgehead atoms. The van der Waals surface area contributed by atoms with E-state index in [2.05, 4.69) is 79.7 Å². The molecule has 0 radical (unpaired) electrons. The molecule has 7 heterocycles. The normalized spacial score (nSPS) is 20.0. The van der Waals surface area contributed by atoms with Crippen molar-refractivity contribution in [3.05, 3.63) is 106 Å². The Labute approximate surface area is 475 Å². The highest BCUT2D eigenvalue weighted by Crippen LogP contribution is 2.37. The van der Waals surface area contributed by atoms with Gasteiger partial charge >= 0.3 is 12.1 Å². The van der Waals surface area contributed by atoms with Crippen molar-refractivity contribution in [1.29, 1.82) is 5.26 Å². The standard InChI is InChI=1S/C59H71N11O10S/c1-37(34-71)53(52-27-38(2)65-80-52)57(73)70-19-8-13-50(70)56(72)61-30-42-15-14-41(54-39(3)62-36-81-54)28-51(42)78-26-24-76-23-25-77-45-29-44(66(4)32-45)35-79-58-63-48-33-67(49-12-7-10-40-9-5-6-11-46(40)49)20-17-47(48)55(64-58)68-21-22-69(59(74)75)43(31-68)16-18-60/h5-7,9-12,14-15,27-28,36-37,43-45,50,53,71H,8,13,16-17,19-26,29-35H2,1-4H3,(H,61,72)(H,74,75)/t37?,43-,44-,45+,50?,53-/m0/s1. The number of fused-ring (bicyclic) bond motifs is 2. The van der Waals surface area contributed by atoms with Crippen molar-refractivity contribution >= 4 is 51.5 Å². The Kier molecular flexibility index (Phi) is 18.2. The summed E-state index contributed by atoms with van der Waals surface area (Å²) in [5.74, 6) is -0.0384. The Bertz CT molecular complexity index is 3220. The van der Waals surface area contributed by atoms with Crippen LogP contribution < -0.4 is 24.6 Å². The highest BCUT2D eigenvalue weighted by molar-refractivity contribution is 7.13. The quantitative estimate of drug-likeness (QED) is 0.0607. The zero-order valence-corrected chi connectivity index (χ0v) is 47.2. The number of aryl methyl sites for hydroxylation is 2. The fraction of sp³-hybridized carbons (Fsp3) is 0.492. The van der Waals surface area contributed by atoms with Gasteiger partial charge in [-0.1, -0.05) is 60.6 Å². The molecule has 21 nitrogen and oxygen atoms in total. The number of aliphatic hydroxyl groups excluding tert-OH is 1. The first-order valence-electron chi connectivity index (χ1n) is 27.9. The zero-order valence-electron chi connectivity index (χ0n) is 46.4. The number of aliphatic hydroxyl groups is 1. The molecular weight excluding hydrogens is 1050 g/mol. The first-order valence-corrected chi connectivity index (χ1v) is 28.8. The van der Waals surface area contributed by atoms with E-state index < -0.39 is 30.0 Å². The molecule has 0 spiro atoms. The summed E-state index contributed by atoms with van der Waals surface area (Å²) < 4.78 is 30.7. The Balaban J connectivity index is 0.725. The average molecular weight is 1130 g/mol. The second-order valence-electron chi connectivity index (χ2n) is 21.5. The lowest BCUT2D eigenvalue weighted by Crippen LogP contribution is -2.55. The van der Waals surface area contributed by atoms with Gasteiger partial charge in [0.2, 0.25) is 11.8 Å². The van der Waals surface area contributed by atoms with Gasteiger partial charge in [-0.25, -0.2) is 9.78 Å². The van der Waals surface area contributed by atoms with Gasteiger partial charge in [-0.3, -0.25) is 14.5 Å². The van der Waals surface area contributed by atoms with E-state index in [0.717, 1.165) is 62.8 Å². The molecule has 2 unspecified atom stereocenters. The van der Waals surface area contributed by atoms with Crippen LogP contribution in [0.25, 0.3) is 21.2 Å². The third kappa shape index (κ3) is 13.0. The summed E-state index contributed by atoms with van der Waals surface area (Å²) in [6, 6.07) is 23.6. The third-order valence-electron chi connectivity index (χ3n) is 16.0. The van der Waals surface area contributed by atoms with Crippen molar-refractivity contribution < 1.29 is 48.1 Å². The molecule has 6 atom stereocenters. The topological polar surface area (TPSA) is 245 Å². The molecule has 22 heteroatoms. The number of piperazine rings is 1. The van der Waals surface area contributed by atoms with Crippen molar-refractivity contribution in [2.24, 2.45) is 5.92 Å². The number of carbonyl (C=O) groups excluding carboxylic acids is 2. The zero-order chi connectivity index (χ0) is 56.6. The number of thiazole rings is 1. The van der Waals surface area contributed by atoms with Gasteiger partial charge in [0, 0.05) is 86.7 Å². The number of aromatic nitrogens is 4. The number of nitriles is 1. The SMILES string of the molecule is Cc1cc([C@@H](C(=O)N2CCCC2C(=O)NCc2ccc(-c3scnc3C)cc2OCCOCCO[C@@H]2C[C@@H](COc3nc4c(c(N5CCN(C(=O)O)[C@@H](CC#N)C5)n3)CCN(c3cccc5ccccc35)C4)N(C)C2)C(C)CO)on1. The number of nitrogens with one attached hydrogen (secondary N) is 1. The van der Waals surface area contributed by atoms with Crippen molar-refractivity contribution in [1.82, 2.24) is 40.1 Å². The van der Waals surface area contributed by atoms with E-state index in [4.69, 9.17) is 33.4 Å². The maximum atomic E-state index is 14.0. The second-order valence-corrected chi connectivity index (χ2v) is 22.3. The van der Waals surface area contributed by atoms with Gasteiger partial charge in [-0.15, -0.1) is 11.3 Å². The second kappa shape index (κ2) is 26.0. The first-order chi connectivity index (χ1) is 39.4. The van der Waals surface area contributed by atoms with Crippen LogP contribution in [0.3, 0.4) is 0 Å². The number of rotatable bonds is 22. The third-order valence-corrected chi connectivity index (χ3v) is 17.0. The number of carbonyl (C=O) groups is 3. The Morgan fingerprint density at radius 2 is 1.78 bits per heavy atom. The molecule has 10 rings (SSSR count). The minimum absolute atomic E-state index is 0.0318. The molecule has 428 valence electrons. The fourth-order valence-corrected chi connectivity index (χ4v) is 12.5. The number of anilines is 2. The summed E-state index contributed by atoms with van der Waals surface area (Å²) in [7, 11) is 2.05. The van der Waals surface area contributed by atoms with E-state index in [1.54, 1.807) is 36.2 Å². The van der Waals surface area contributed by atoms with Gasteiger partial charge in [-0.2, -0.15) is 15.2 Å². The molecule has 4 aliphatic rings. The summed E-state index contributed by atoms with van der Waals surface area (Å²) in [6.07, 6.45) is 1.60. The number of hydrogen-bond acceptors (Lipinski definition) is 18. The number of ether oxygens (including phenoxy) is 4. The van der Waals surface area contributed by atoms with Gasteiger partial charge in [-0.05, 0) is 75.6 Å². The van der Waals surface area contributed by atoms with Crippen LogP contribution in [0.4, 0.5) is 16.3 Å². The number of benzene rings is 3.